The molecule has 5 nitrogen and oxygen atoms in total. The maximum absolute atomic E-state index is 11.3. The van der Waals surface area contributed by atoms with E-state index in [4.69, 9.17) is 10.5 Å². The maximum atomic E-state index is 11.3. The van der Waals surface area contributed by atoms with Gasteiger partial charge < -0.3 is 10.5 Å². The van der Waals surface area contributed by atoms with E-state index < -0.39 is 0 Å². The number of nitrogens with zero attached hydrogens (tertiary/aromatic N) is 2. The number of aromatic nitrogens is 2. The summed E-state index contributed by atoms with van der Waals surface area (Å²) in [5.74, 6) is 0.469. The van der Waals surface area contributed by atoms with Crippen LogP contribution in [0.2, 0.25) is 0 Å². The lowest BCUT2D eigenvalue weighted by atomic mass is 10.4. The van der Waals surface area contributed by atoms with E-state index in [1.807, 2.05) is 13.8 Å². The molecule has 0 saturated carbocycles. The third-order valence-electron chi connectivity index (χ3n) is 1.66. The number of rotatable bonds is 4. The highest BCUT2D eigenvalue weighted by Gasteiger charge is 2.00. The van der Waals surface area contributed by atoms with Crippen LogP contribution in [0.3, 0.4) is 0 Å². The van der Waals surface area contributed by atoms with Crippen LogP contribution in [0.25, 0.3) is 0 Å². The second-order valence-electron chi connectivity index (χ2n) is 3.13. The van der Waals surface area contributed by atoms with Crippen molar-refractivity contribution < 1.29 is 4.74 Å². The number of hydrogen-bond acceptors (Lipinski definition) is 4. The number of hydrogen-bond donors (Lipinski definition) is 1. The van der Waals surface area contributed by atoms with Gasteiger partial charge in [0.25, 0.3) is 5.56 Å². The minimum Gasteiger partial charge on any atom is -0.490 e. The summed E-state index contributed by atoms with van der Waals surface area (Å²) in [4.78, 5) is 11.3. The highest BCUT2D eigenvalue weighted by molar-refractivity contribution is 5.13. The third kappa shape index (κ3) is 2.85. The molecular weight excluding hydrogens is 182 g/mol. The Labute approximate surface area is 82.5 Å². The molecule has 1 aromatic heterocycles. The predicted octanol–water partition coefficient (Wildman–Crippen LogP) is -0.0108. The second kappa shape index (κ2) is 4.76. The first kappa shape index (κ1) is 10.7. The smallest absolute Gasteiger partial charge is 0.270 e. The van der Waals surface area contributed by atoms with Crippen LogP contribution in [0.15, 0.2) is 17.1 Å². The zero-order valence-electron chi connectivity index (χ0n) is 8.43. The summed E-state index contributed by atoms with van der Waals surface area (Å²) < 4.78 is 6.61. The molecule has 0 saturated heterocycles. The molecule has 0 bridgehead atoms. The van der Waals surface area contributed by atoms with Crippen LogP contribution in [0.5, 0.6) is 5.75 Å². The van der Waals surface area contributed by atoms with Crippen LogP contribution in [-0.4, -0.2) is 22.4 Å². The average molecular weight is 197 g/mol. The highest BCUT2D eigenvalue weighted by atomic mass is 16.5. The predicted molar refractivity (Wildman–Crippen MR) is 53.3 cm³/mol. The van der Waals surface area contributed by atoms with Gasteiger partial charge in [-0.05, 0) is 13.8 Å². The van der Waals surface area contributed by atoms with Crippen molar-refractivity contribution >= 4 is 0 Å². The zero-order valence-corrected chi connectivity index (χ0v) is 8.43. The Balaban J connectivity index is 2.72. The van der Waals surface area contributed by atoms with E-state index in [-0.39, 0.29) is 11.6 Å². The first-order valence-electron chi connectivity index (χ1n) is 4.59. The summed E-state index contributed by atoms with van der Waals surface area (Å²) in [5, 5.41) is 3.91. The fourth-order valence-corrected chi connectivity index (χ4v) is 0.961. The number of nitrogens with two attached hydrogens (primary N) is 1. The third-order valence-corrected chi connectivity index (χ3v) is 1.66. The summed E-state index contributed by atoms with van der Waals surface area (Å²) >= 11 is 0. The lowest BCUT2D eigenvalue weighted by Crippen LogP contribution is -2.25. The van der Waals surface area contributed by atoms with Gasteiger partial charge in [-0.3, -0.25) is 4.79 Å². The van der Waals surface area contributed by atoms with Gasteiger partial charge in [0.2, 0.25) is 0 Å². The van der Waals surface area contributed by atoms with Crippen LogP contribution < -0.4 is 16.0 Å². The van der Waals surface area contributed by atoms with Gasteiger partial charge in [-0.25, -0.2) is 4.68 Å². The summed E-state index contributed by atoms with van der Waals surface area (Å²) in [6.45, 7) is 4.64. The van der Waals surface area contributed by atoms with Gasteiger partial charge in [-0.15, -0.1) is 0 Å². The fraction of sp³-hybridized carbons (Fsp3) is 0.556. The molecule has 0 amide bonds. The quantitative estimate of drug-likeness (QED) is 0.737. The number of aryl methyl sites for hydroxylation is 1. The van der Waals surface area contributed by atoms with Crippen LogP contribution >= 0.6 is 0 Å². The largest absolute Gasteiger partial charge is 0.490 e. The fourth-order valence-electron chi connectivity index (χ4n) is 0.961. The molecule has 1 rings (SSSR count). The molecule has 2 N–H and O–H groups in total. The maximum Gasteiger partial charge on any atom is 0.270 e. The van der Waals surface area contributed by atoms with Crippen molar-refractivity contribution in [2.24, 2.45) is 5.73 Å². The molecule has 0 spiro atoms. The molecule has 1 unspecified atom stereocenters. The van der Waals surface area contributed by atoms with Crippen LogP contribution in [-0.2, 0) is 6.54 Å². The first-order valence-corrected chi connectivity index (χ1v) is 4.59. The Kier molecular flexibility index (Phi) is 3.64. The molecule has 14 heavy (non-hydrogen) atoms. The highest BCUT2D eigenvalue weighted by Crippen LogP contribution is 2.03. The standard InChI is InChI=1S/C9H15N3O2/c1-3-12-9(13)4-8(5-11-12)14-6-7(2)10/h4-5,7H,3,6,10H2,1-2H3. The Bertz CT molecular complexity index is 346. The minimum absolute atomic E-state index is 0.0522. The van der Waals surface area contributed by atoms with Crippen molar-refractivity contribution in [1.82, 2.24) is 9.78 Å². The monoisotopic (exact) mass is 197 g/mol. The van der Waals surface area contributed by atoms with Crippen molar-refractivity contribution in [3.63, 3.8) is 0 Å². The van der Waals surface area contributed by atoms with E-state index in [2.05, 4.69) is 5.10 Å². The normalized spacial score (nSPS) is 12.5. The average Bonchev–Trinajstić information content (AvgIpc) is 2.15. The molecule has 0 aromatic carbocycles. The lowest BCUT2D eigenvalue weighted by molar-refractivity contribution is 0.292. The van der Waals surface area contributed by atoms with Gasteiger partial charge in [0.05, 0.1) is 6.20 Å². The minimum atomic E-state index is -0.158. The molecule has 5 heteroatoms. The molecule has 1 aromatic rings. The van der Waals surface area contributed by atoms with E-state index in [1.54, 1.807) is 0 Å². The lowest BCUT2D eigenvalue weighted by Gasteiger charge is -2.08. The van der Waals surface area contributed by atoms with Gasteiger partial charge >= 0.3 is 0 Å². The summed E-state index contributed by atoms with van der Waals surface area (Å²) in [6, 6.07) is 1.36. The van der Waals surface area contributed by atoms with Crippen LogP contribution in [0.4, 0.5) is 0 Å². The SMILES string of the molecule is CCn1ncc(OCC(C)N)cc1=O. The van der Waals surface area contributed by atoms with Gasteiger partial charge in [-0.2, -0.15) is 5.10 Å². The van der Waals surface area contributed by atoms with Crippen molar-refractivity contribution in [2.45, 2.75) is 26.4 Å². The molecule has 0 radical (unpaired) electrons. The molecule has 0 aliphatic carbocycles. The van der Waals surface area contributed by atoms with E-state index in [0.717, 1.165) is 0 Å². The first-order chi connectivity index (χ1) is 6.63. The van der Waals surface area contributed by atoms with E-state index in [1.165, 1.54) is 16.9 Å². The van der Waals surface area contributed by atoms with Crippen LogP contribution in [0, 0.1) is 0 Å². The van der Waals surface area contributed by atoms with Crippen molar-refractivity contribution in [3.8, 4) is 5.75 Å². The van der Waals surface area contributed by atoms with Crippen molar-refractivity contribution in [1.29, 1.82) is 0 Å². The van der Waals surface area contributed by atoms with Crippen LogP contribution in [0.1, 0.15) is 13.8 Å². The Morgan fingerprint density at radius 3 is 2.93 bits per heavy atom. The van der Waals surface area contributed by atoms with E-state index in [0.29, 0.717) is 18.9 Å². The Hall–Kier alpha value is -1.36. The van der Waals surface area contributed by atoms with Gasteiger partial charge in [0.1, 0.15) is 12.4 Å². The molecule has 0 fully saturated rings. The second-order valence-corrected chi connectivity index (χ2v) is 3.13. The molecule has 0 aliphatic heterocycles. The molecule has 78 valence electrons. The van der Waals surface area contributed by atoms with E-state index >= 15 is 0 Å². The van der Waals surface area contributed by atoms with Crippen molar-refractivity contribution in [3.05, 3.63) is 22.6 Å². The zero-order chi connectivity index (χ0) is 10.6. The number of ether oxygens (including phenoxy) is 1. The van der Waals surface area contributed by atoms with Crippen molar-refractivity contribution in [2.75, 3.05) is 6.61 Å². The molecule has 1 heterocycles. The van der Waals surface area contributed by atoms with Gasteiger partial charge in [0.15, 0.2) is 0 Å². The summed E-state index contributed by atoms with van der Waals surface area (Å²) in [7, 11) is 0. The Morgan fingerprint density at radius 1 is 1.71 bits per heavy atom. The molecule has 1 atom stereocenters. The van der Waals surface area contributed by atoms with Gasteiger partial charge in [-0.1, -0.05) is 0 Å². The topological polar surface area (TPSA) is 70.1 Å². The summed E-state index contributed by atoms with van der Waals surface area (Å²) in [6.07, 6.45) is 1.52. The van der Waals surface area contributed by atoms with E-state index in [9.17, 15) is 4.79 Å². The molecular formula is C9H15N3O2. The summed E-state index contributed by atoms with van der Waals surface area (Å²) in [5.41, 5.74) is 5.35. The Morgan fingerprint density at radius 2 is 2.43 bits per heavy atom. The molecule has 0 aliphatic rings. The van der Waals surface area contributed by atoms with Gasteiger partial charge in [0, 0.05) is 18.7 Å².